The van der Waals surface area contributed by atoms with Crippen molar-refractivity contribution in [1.82, 2.24) is 4.57 Å². The Morgan fingerprint density at radius 2 is 1.77 bits per heavy atom. The van der Waals surface area contributed by atoms with Gasteiger partial charge in [0.05, 0.1) is 37.0 Å². The van der Waals surface area contributed by atoms with E-state index in [1.165, 1.54) is 35.6 Å². The topological polar surface area (TPSA) is 77.7 Å². The van der Waals surface area contributed by atoms with E-state index in [4.69, 9.17) is 27.9 Å². The quantitative estimate of drug-likeness (QED) is 0.510. The van der Waals surface area contributed by atoms with E-state index >= 15 is 0 Å². The average molecular weight is 487 g/mol. The number of halogens is 2. The zero-order chi connectivity index (χ0) is 22.1. The van der Waals surface area contributed by atoms with Crippen molar-refractivity contribution in [2.24, 2.45) is 4.99 Å². The number of hydrogen-bond donors (Lipinski definition) is 0. The molecule has 30 heavy (non-hydrogen) atoms. The Morgan fingerprint density at radius 1 is 1.13 bits per heavy atom. The first kappa shape index (κ1) is 23.0. The number of rotatable bonds is 6. The number of carbonyl (C=O) groups is 1. The number of sulfone groups is 1. The maximum Gasteiger partial charge on any atom is 0.279 e. The predicted molar refractivity (Wildman–Crippen MR) is 120 cm³/mol. The van der Waals surface area contributed by atoms with Gasteiger partial charge in [0, 0.05) is 19.2 Å². The van der Waals surface area contributed by atoms with Gasteiger partial charge in [0.1, 0.15) is 0 Å². The smallest absolute Gasteiger partial charge is 0.279 e. The van der Waals surface area contributed by atoms with Crippen LogP contribution in [-0.2, 0) is 21.1 Å². The molecule has 6 nitrogen and oxygen atoms in total. The first-order valence-corrected chi connectivity index (χ1v) is 12.2. The molecule has 0 aliphatic rings. The van der Waals surface area contributed by atoms with Crippen LogP contribution in [0.3, 0.4) is 0 Å². The molecule has 0 aliphatic carbocycles. The second-order valence-electron chi connectivity index (χ2n) is 6.77. The van der Waals surface area contributed by atoms with Crippen LogP contribution in [0.4, 0.5) is 0 Å². The predicted octanol–water partition coefficient (Wildman–Crippen LogP) is 4.58. The molecular formula is C20H20Cl2N2O4S2. The fourth-order valence-corrected chi connectivity index (χ4v) is 5.53. The van der Waals surface area contributed by atoms with Crippen molar-refractivity contribution in [3.63, 3.8) is 0 Å². The number of ether oxygens (including phenoxy) is 1. The summed E-state index contributed by atoms with van der Waals surface area (Å²) < 4.78 is 32.2. The summed E-state index contributed by atoms with van der Waals surface area (Å²) in [5, 5.41) is 0.470. The molecular weight excluding hydrogens is 467 g/mol. The summed E-state index contributed by atoms with van der Waals surface area (Å²) >= 11 is 13.9. The Hall–Kier alpha value is -1.71. The Bertz CT molecular complexity index is 1260. The molecule has 0 atom stereocenters. The van der Waals surface area contributed by atoms with E-state index < -0.39 is 21.0 Å². The highest BCUT2D eigenvalue weighted by Gasteiger charge is 2.19. The first-order chi connectivity index (χ1) is 14.2. The molecule has 160 valence electrons. The summed E-state index contributed by atoms with van der Waals surface area (Å²) in [7, 11) is -1.83. The van der Waals surface area contributed by atoms with Crippen molar-refractivity contribution in [3.8, 4) is 0 Å². The number of benzene rings is 2. The lowest BCUT2D eigenvalue weighted by Crippen LogP contribution is -2.19. The van der Waals surface area contributed by atoms with E-state index in [1.54, 1.807) is 37.7 Å². The Labute approximate surface area is 188 Å². The first-order valence-electron chi connectivity index (χ1n) is 9.06. The molecule has 1 aromatic heterocycles. The highest BCUT2D eigenvalue weighted by molar-refractivity contribution is 7.92. The highest BCUT2D eigenvalue weighted by Crippen LogP contribution is 2.32. The van der Waals surface area contributed by atoms with Crippen LogP contribution in [-0.4, -0.2) is 37.9 Å². The second-order valence-corrected chi connectivity index (χ2v) is 11.1. The van der Waals surface area contributed by atoms with Gasteiger partial charge in [0.15, 0.2) is 14.6 Å². The lowest BCUT2D eigenvalue weighted by molar-refractivity contribution is 0.0997. The standard InChI is InChI=1S/C20H20Cl2N2O4S2/c1-12(2)30(26,27)14-6-4-13(5-7-14)19(25)23-20-24(10-11-28-3)17-15(21)8-9-16(22)18(17)29-20/h4-9,12H,10-11H2,1-3H3. The van der Waals surface area contributed by atoms with Crippen LogP contribution in [0.1, 0.15) is 24.2 Å². The maximum absolute atomic E-state index is 12.8. The zero-order valence-corrected chi connectivity index (χ0v) is 19.7. The summed E-state index contributed by atoms with van der Waals surface area (Å²) in [5.41, 5.74) is 0.974. The van der Waals surface area contributed by atoms with Gasteiger partial charge >= 0.3 is 0 Å². The van der Waals surface area contributed by atoms with Crippen molar-refractivity contribution >= 4 is 60.5 Å². The monoisotopic (exact) mass is 486 g/mol. The minimum Gasteiger partial charge on any atom is -0.383 e. The molecule has 0 radical (unpaired) electrons. The van der Waals surface area contributed by atoms with E-state index in [2.05, 4.69) is 4.99 Å². The van der Waals surface area contributed by atoms with E-state index in [0.717, 1.165) is 4.70 Å². The molecule has 1 heterocycles. The molecule has 0 saturated carbocycles. The molecule has 0 saturated heterocycles. The van der Waals surface area contributed by atoms with E-state index in [9.17, 15) is 13.2 Å². The van der Waals surface area contributed by atoms with Gasteiger partial charge in [-0.15, -0.1) is 0 Å². The van der Waals surface area contributed by atoms with Crippen LogP contribution in [0.15, 0.2) is 46.3 Å². The number of aromatic nitrogens is 1. The van der Waals surface area contributed by atoms with Gasteiger partial charge in [-0.1, -0.05) is 34.5 Å². The van der Waals surface area contributed by atoms with E-state index in [-0.39, 0.29) is 10.5 Å². The molecule has 0 unspecified atom stereocenters. The van der Waals surface area contributed by atoms with Gasteiger partial charge in [0.2, 0.25) is 0 Å². The molecule has 2 aromatic carbocycles. The molecule has 0 N–H and O–H groups in total. The number of amides is 1. The number of thiazole rings is 1. The minimum absolute atomic E-state index is 0.171. The number of fused-ring (bicyclic) bond motifs is 1. The Kier molecular flexibility index (Phi) is 7.04. The van der Waals surface area contributed by atoms with Crippen molar-refractivity contribution in [1.29, 1.82) is 0 Å². The molecule has 0 aliphatic heterocycles. The minimum atomic E-state index is -3.41. The van der Waals surface area contributed by atoms with E-state index in [0.29, 0.717) is 33.5 Å². The molecule has 0 fully saturated rings. The van der Waals surface area contributed by atoms with Gasteiger partial charge in [0.25, 0.3) is 5.91 Å². The van der Waals surface area contributed by atoms with Gasteiger partial charge < -0.3 is 9.30 Å². The van der Waals surface area contributed by atoms with Gasteiger partial charge in [-0.05, 0) is 50.2 Å². The summed E-state index contributed by atoms with van der Waals surface area (Å²) in [6.45, 7) is 4.06. The summed E-state index contributed by atoms with van der Waals surface area (Å²) in [6, 6.07) is 9.18. The third-order valence-corrected chi connectivity index (χ3v) is 8.51. The summed E-state index contributed by atoms with van der Waals surface area (Å²) in [5.74, 6) is -0.492. The molecule has 10 heteroatoms. The number of nitrogens with zero attached hydrogens (tertiary/aromatic N) is 2. The lowest BCUT2D eigenvalue weighted by atomic mass is 10.2. The summed E-state index contributed by atoms with van der Waals surface area (Å²) in [6.07, 6.45) is 0. The maximum atomic E-state index is 12.8. The third kappa shape index (κ3) is 4.48. The van der Waals surface area contributed by atoms with E-state index in [1.807, 2.05) is 0 Å². The van der Waals surface area contributed by atoms with Crippen LogP contribution in [0, 0.1) is 0 Å². The molecule has 0 spiro atoms. The zero-order valence-electron chi connectivity index (χ0n) is 16.6. The average Bonchev–Trinajstić information content (AvgIpc) is 3.08. The lowest BCUT2D eigenvalue weighted by Gasteiger charge is -2.08. The highest BCUT2D eigenvalue weighted by atomic mass is 35.5. The number of hydrogen-bond acceptors (Lipinski definition) is 5. The van der Waals surface area contributed by atoms with Gasteiger partial charge in [-0.2, -0.15) is 4.99 Å². The van der Waals surface area contributed by atoms with Crippen LogP contribution >= 0.6 is 34.5 Å². The van der Waals surface area contributed by atoms with Crippen LogP contribution < -0.4 is 4.80 Å². The fraction of sp³-hybridized carbons (Fsp3) is 0.300. The second kappa shape index (κ2) is 9.20. The van der Waals surface area contributed by atoms with Gasteiger partial charge in [-0.3, -0.25) is 4.79 Å². The van der Waals surface area contributed by atoms with Crippen LogP contribution in [0.5, 0.6) is 0 Å². The number of carbonyl (C=O) groups excluding carboxylic acids is 1. The van der Waals surface area contributed by atoms with Crippen molar-refractivity contribution < 1.29 is 17.9 Å². The SMILES string of the molecule is COCCn1c(=NC(=O)c2ccc(S(=O)(=O)C(C)C)cc2)sc2c(Cl)ccc(Cl)c21. The van der Waals surface area contributed by atoms with Crippen LogP contribution in [0.2, 0.25) is 10.0 Å². The largest absolute Gasteiger partial charge is 0.383 e. The Morgan fingerprint density at radius 3 is 2.37 bits per heavy atom. The third-order valence-electron chi connectivity index (χ3n) is 4.49. The van der Waals surface area contributed by atoms with Crippen LogP contribution in [0.25, 0.3) is 10.2 Å². The Balaban J connectivity index is 2.07. The molecule has 0 bridgehead atoms. The van der Waals surface area contributed by atoms with Crippen molar-refractivity contribution in [2.45, 2.75) is 30.5 Å². The van der Waals surface area contributed by atoms with Gasteiger partial charge in [-0.25, -0.2) is 8.42 Å². The normalized spacial score (nSPS) is 12.8. The molecule has 3 aromatic rings. The number of methoxy groups -OCH3 is 1. The summed E-state index contributed by atoms with van der Waals surface area (Å²) in [4.78, 5) is 17.6. The van der Waals surface area contributed by atoms with Crippen molar-refractivity contribution in [2.75, 3.05) is 13.7 Å². The van der Waals surface area contributed by atoms with Crippen molar-refractivity contribution in [3.05, 3.63) is 56.8 Å². The molecule has 1 amide bonds. The molecule has 3 rings (SSSR count). The fourth-order valence-electron chi connectivity index (χ4n) is 2.80.